The summed E-state index contributed by atoms with van der Waals surface area (Å²) < 4.78 is 21.4. The van der Waals surface area contributed by atoms with Crippen LogP contribution in [0.25, 0.3) is 22.3 Å². The first-order valence-corrected chi connectivity index (χ1v) is 12.3. The number of carbonyl (C=O) groups is 1. The van der Waals surface area contributed by atoms with Gasteiger partial charge in [0.25, 0.3) is 5.91 Å². The van der Waals surface area contributed by atoms with Crippen LogP contribution < -0.4 is 10.6 Å². The largest absolute Gasteiger partial charge is 0.456 e. The molecule has 1 fully saturated rings. The van der Waals surface area contributed by atoms with Gasteiger partial charge in [-0.2, -0.15) is 5.10 Å². The summed E-state index contributed by atoms with van der Waals surface area (Å²) in [5.74, 6) is 0.422. The second kappa shape index (κ2) is 10.0. The Kier molecular flexibility index (Phi) is 6.82. The van der Waals surface area contributed by atoms with Crippen molar-refractivity contribution in [3.05, 3.63) is 75.3 Å². The molecule has 1 amide bonds. The van der Waals surface area contributed by atoms with Gasteiger partial charge >= 0.3 is 0 Å². The highest BCUT2D eigenvalue weighted by molar-refractivity contribution is 6.33. The van der Waals surface area contributed by atoms with Gasteiger partial charge in [-0.15, -0.1) is 0 Å². The number of aromatic nitrogens is 2. The van der Waals surface area contributed by atoms with E-state index < -0.39 is 5.82 Å². The molecule has 0 aliphatic carbocycles. The number of nitrogens with one attached hydrogen (secondary N) is 2. The molecule has 182 valence electrons. The molecule has 1 aliphatic heterocycles. The molecule has 9 heteroatoms. The second-order valence-corrected chi connectivity index (χ2v) is 9.79. The third-order valence-corrected chi connectivity index (χ3v) is 6.93. The van der Waals surface area contributed by atoms with E-state index in [2.05, 4.69) is 15.7 Å². The highest BCUT2D eigenvalue weighted by atomic mass is 35.5. The fourth-order valence-corrected chi connectivity index (χ4v) is 4.99. The van der Waals surface area contributed by atoms with Crippen LogP contribution in [-0.2, 0) is 6.54 Å². The summed E-state index contributed by atoms with van der Waals surface area (Å²) >= 11 is 12.6. The number of furan rings is 1. The molecule has 0 saturated carbocycles. The van der Waals surface area contributed by atoms with E-state index in [0.717, 1.165) is 42.6 Å². The molecule has 0 bridgehead atoms. The topological polar surface area (TPSA) is 72.1 Å². The molecule has 0 atom stereocenters. The van der Waals surface area contributed by atoms with Gasteiger partial charge in [-0.05, 0) is 81.2 Å². The number of fused-ring (bicyclic) bond motifs is 1. The van der Waals surface area contributed by atoms with Gasteiger partial charge in [0.1, 0.15) is 22.9 Å². The van der Waals surface area contributed by atoms with Crippen molar-refractivity contribution >= 4 is 40.1 Å². The zero-order valence-electron chi connectivity index (χ0n) is 19.2. The van der Waals surface area contributed by atoms with Crippen LogP contribution in [0.4, 0.5) is 4.39 Å². The summed E-state index contributed by atoms with van der Waals surface area (Å²) in [4.78, 5) is 12.7. The molecule has 2 aromatic carbocycles. The summed E-state index contributed by atoms with van der Waals surface area (Å²) in [6.45, 7) is 4.91. The zero-order valence-corrected chi connectivity index (χ0v) is 20.7. The maximum absolute atomic E-state index is 13.5. The van der Waals surface area contributed by atoms with E-state index in [9.17, 15) is 9.18 Å². The molecule has 5 rings (SSSR count). The quantitative estimate of drug-likeness (QED) is 0.339. The Morgan fingerprint density at radius 2 is 2.00 bits per heavy atom. The normalized spacial score (nSPS) is 14.5. The van der Waals surface area contributed by atoms with Gasteiger partial charge in [-0.3, -0.25) is 9.48 Å². The van der Waals surface area contributed by atoms with Crippen molar-refractivity contribution in [1.82, 2.24) is 20.4 Å². The Hall–Kier alpha value is -2.87. The predicted octanol–water partition coefficient (Wildman–Crippen LogP) is 5.83. The van der Waals surface area contributed by atoms with E-state index in [-0.39, 0.29) is 10.9 Å². The minimum atomic E-state index is -0.414. The highest BCUT2D eigenvalue weighted by Crippen LogP contribution is 2.36. The summed E-state index contributed by atoms with van der Waals surface area (Å²) in [6, 6.07) is 11.4. The average molecular weight is 515 g/mol. The fraction of sp³-hybridized carbons (Fsp3) is 0.308. The summed E-state index contributed by atoms with van der Waals surface area (Å²) in [6.07, 6.45) is 2.12. The number of aryl methyl sites for hydroxylation is 1. The minimum absolute atomic E-state index is 0.173. The van der Waals surface area contributed by atoms with E-state index in [1.807, 2.05) is 19.1 Å². The second-order valence-electron chi connectivity index (χ2n) is 8.95. The first-order valence-electron chi connectivity index (χ1n) is 11.6. The Morgan fingerprint density at radius 3 is 2.77 bits per heavy atom. The number of carbonyl (C=O) groups excluding carboxylic acids is 1. The van der Waals surface area contributed by atoms with Crippen molar-refractivity contribution in [3.8, 4) is 11.3 Å². The lowest BCUT2D eigenvalue weighted by Gasteiger charge is -2.22. The lowest BCUT2D eigenvalue weighted by Crippen LogP contribution is -2.36. The Bertz CT molecular complexity index is 1390. The van der Waals surface area contributed by atoms with Gasteiger partial charge < -0.3 is 15.1 Å². The third kappa shape index (κ3) is 5.22. The first-order chi connectivity index (χ1) is 16.9. The molecule has 0 unspecified atom stereocenters. The molecular formula is C26H25Cl2FN4O2. The Morgan fingerprint density at radius 1 is 1.20 bits per heavy atom. The van der Waals surface area contributed by atoms with Gasteiger partial charge in [0.05, 0.1) is 11.6 Å². The first kappa shape index (κ1) is 23.9. The number of halogens is 3. The van der Waals surface area contributed by atoms with Crippen LogP contribution in [0.1, 0.15) is 34.6 Å². The average Bonchev–Trinajstić information content (AvgIpc) is 3.41. The van der Waals surface area contributed by atoms with Crippen LogP contribution in [-0.4, -0.2) is 35.3 Å². The molecule has 35 heavy (non-hydrogen) atoms. The zero-order chi connectivity index (χ0) is 24.5. The smallest absolute Gasteiger partial charge is 0.271 e. The van der Waals surface area contributed by atoms with Crippen LogP contribution in [0.3, 0.4) is 0 Å². The standard InChI is InChI=1S/C26H25Cl2FN4O2/c1-15-8-23(26(34)31-13-16-4-6-30-7-5-16)32-33(15)14-18-10-19(27)9-17-11-24(35-25(17)18)21-3-2-20(29)12-22(21)28/h2-3,8-12,16,30H,4-7,13-14H2,1H3,(H,31,34). The van der Waals surface area contributed by atoms with Crippen LogP contribution in [0, 0.1) is 18.7 Å². The lowest BCUT2D eigenvalue weighted by molar-refractivity contribution is 0.0938. The maximum Gasteiger partial charge on any atom is 0.271 e. The van der Waals surface area contributed by atoms with E-state index >= 15 is 0 Å². The van der Waals surface area contributed by atoms with Crippen molar-refractivity contribution < 1.29 is 13.6 Å². The predicted molar refractivity (Wildman–Crippen MR) is 136 cm³/mol. The van der Waals surface area contributed by atoms with E-state index in [0.29, 0.717) is 46.6 Å². The van der Waals surface area contributed by atoms with Crippen LogP contribution in [0.5, 0.6) is 0 Å². The van der Waals surface area contributed by atoms with Crippen molar-refractivity contribution in [2.45, 2.75) is 26.3 Å². The number of nitrogens with zero attached hydrogens (tertiary/aromatic N) is 2. The van der Waals surface area contributed by atoms with Crippen molar-refractivity contribution in [2.75, 3.05) is 19.6 Å². The molecular weight excluding hydrogens is 490 g/mol. The van der Waals surface area contributed by atoms with Gasteiger partial charge in [-0.1, -0.05) is 23.2 Å². The molecule has 1 saturated heterocycles. The Balaban J connectivity index is 1.38. The van der Waals surface area contributed by atoms with E-state index in [4.69, 9.17) is 27.6 Å². The van der Waals surface area contributed by atoms with Crippen LogP contribution in [0.2, 0.25) is 10.0 Å². The third-order valence-electron chi connectivity index (χ3n) is 6.40. The molecule has 6 nitrogen and oxygen atoms in total. The molecule has 1 aliphatic rings. The number of hydrogen-bond acceptors (Lipinski definition) is 4. The number of benzene rings is 2. The van der Waals surface area contributed by atoms with Crippen molar-refractivity contribution in [2.24, 2.45) is 5.92 Å². The lowest BCUT2D eigenvalue weighted by atomic mass is 9.98. The number of piperidine rings is 1. The highest BCUT2D eigenvalue weighted by Gasteiger charge is 2.19. The fourth-order valence-electron chi connectivity index (χ4n) is 4.48. The van der Waals surface area contributed by atoms with Crippen molar-refractivity contribution in [1.29, 1.82) is 0 Å². The molecule has 0 radical (unpaired) electrons. The minimum Gasteiger partial charge on any atom is -0.456 e. The van der Waals surface area contributed by atoms with Crippen LogP contribution in [0.15, 0.2) is 46.9 Å². The molecule has 0 spiro atoms. The number of hydrogen-bond donors (Lipinski definition) is 2. The summed E-state index contributed by atoms with van der Waals surface area (Å²) in [5, 5.41) is 12.5. The molecule has 4 aromatic rings. The SMILES string of the molecule is Cc1cc(C(=O)NCC2CCNCC2)nn1Cc1cc(Cl)cc2cc(-c3ccc(F)cc3Cl)oc12. The van der Waals surface area contributed by atoms with Gasteiger partial charge in [0.2, 0.25) is 0 Å². The molecule has 2 aromatic heterocycles. The monoisotopic (exact) mass is 514 g/mol. The maximum atomic E-state index is 13.5. The van der Waals surface area contributed by atoms with Gasteiger partial charge in [0, 0.05) is 33.8 Å². The molecule has 3 heterocycles. The number of amides is 1. The van der Waals surface area contributed by atoms with Gasteiger partial charge in [-0.25, -0.2) is 4.39 Å². The summed E-state index contributed by atoms with van der Waals surface area (Å²) in [7, 11) is 0. The summed E-state index contributed by atoms with van der Waals surface area (Å²) in [5.41, 5.74) is 3.27. The Labute approximate surface area is 212 Å². The number of rotatable bonds is 6. The van der Waals surface area contributed by atoms with Crippen molar-refractivity contribution in [3.63, 3.8) is 0 Å². The van der Waals surface area contributed by atoms with Gasteiger partial charge in [0.15, 0.2) is 0 Å². The van der Waals surface area contributed by atoms with E-state index in [1.54, 1.807) is 22.9 Å². The van der Waals surface area contributed by atoms with Crippen LogP contribution >= 0.6 is 23.2 Å². The molecule has 2 N–H and O–H groups in total. The van der Waals surface area contributed by atoms with E-state index in [1.165, 1.54) is 12.1 Å².